The molecule has 0 saturated heterocycles. The molecule has 0 amide bonds. The van der Waals surface area contributed by atoms with Crippen LogP contribution >= 0.6 is 15.9 Å². The number of carboxylic acid groups (broad SMARTS) is 1. The van der Waals surface area contributed by atoms with Gasteiger partial charge in [0.15, 0.2) is 0 Å². The van der Waals surface area contributed by atoms with Gasteiger partial charge in [0.1, 0.15) is 11.6 Å². The van der Waals surface area contributed by atoms with Crippen LogP contribution in [0, 0.1) is 5.82 Å². The first-order valence-electron chi connectivity index (χ1n) is 5.41. The van der Waals surface area contributed by atoms with Crippen LogP contribution in [0.2, 0.25) is 0 Å². The van der Waals surface area contributed by atoms with Crippen LogP contribution in [0.4, 0.5) is 13.2 Å². The molecule has 0 unspecified atom stereocenters. The van der Waals surface area contributed by atoms with Crippen molar-refractivity contribution in [3.8, 4) is 5.75 Å². The standard InChI is InChI=1S/C12H12BrF3O3/c1-19-10-6-9(14)8(13)5-7(10)12(15,16)4-2-3-11(17)18/h5-6H,2-4H2,1H3,(H,17,18). The van der Waals surface area contributed by atoms with E-state index in [1.807, 2.05) is 0 Å². The number of hydrogen-bond donors (Lipinski definition) is 1. The maximum Gasteiger partial charge on any atom is 0.303 e. The van der Waals surface area contributed by atoms with E-state index in [0.717, 1.165) is 12.1 Å². The van der Waals surface area contributed by atoms with Crippen LogP contribution in [0.25, 0.3) is 0 Å². The third-order valence-corrected chi connectivity index (χ3v) is 3.13. The summed E-state index contributed by atoms with van der Waals surface area (Å²) >= 11 is 2.84. The highest BCUT2D eigenvalue weighted by atomic mass is 79.9. The number of alkyl halides is 2. The van der Waals surface area contributed by atoms with Gasteiger partial charge in [-0.3, -0.25) is 4.79 Å². The fourth-order valence-corrected chi connectivity index (χ4v) is 1.92. The molecule has 1 aromatic rings. The summed E-state index contributed by atoms with van der Waals surface area (Å²) in [5.74, 6) is -5.39. The highest BCUT2D eigenvalue weighted by Gasteiger charge is 2.35. The van der Waals surface area contributed by atoms with Crippen molar-refractivity contribution in [2.75, 3.05) is 7.11 Å². The van der Waals surface area contributed by atoms with Crippen molar-refractivity contribution in [2.24, 2.45) is 0 Å². The summed E-state index contributed by atoms with van der Waals surface area (Å²) in [6.45, 7) is 0. The summed E-state index contributed by atoms with van der Waals surface area (Å²) in [5, 5.41) is 8.44. The van der Waals surface area contributed by atoms with Crippen LogP contribution in [-0.2, 0) is 10.7 Å². The fraction of sp³-hybridized carbons (Fsp3) is 0.417. The number of methoxy groups -OCH3 is 1. The second-order valence-electron chi connectivity index (χ2n) is 3.92. The predicted octanol–water partition coefficient (Wildman–Crippen LogP) is 3.94. The molecular weight excluding hydrogens is 329 g/mol. The smallest absolute Gasteiger partial charge is 0.303 e. The Bertz CT molecular complexity index is 478. The van der Waals surface area contributed by atoms with Crippen molar-refractivity contribution in [2.45, 2.75) is 25.2 Å². The van der Waals surface area contributed by atoms with Gasteiger partial charge in [0, 0.05) is 18.9 Å². The number of benzene rings is 1. The normalized spacial score (nSPS) is 11.4. The first-order valence-corrected chi connectivity index (χ1v) is 6.20. The van der Waals surface area contributed by atoms with Crippen LogP contribution in [0.1, 0.15) is 24.8 Å². The second-order valence-corrected chi connectivity index (χ2v) is 4.77. The third-order valence-electron chi connectivity index (χ3n) is 2.52. The maximum absolute atomic E-state index is 13.9. The summed E-state index contributed by atoms with van der Waals surface area (Å²) in [5.41, 5.74) is -0.464. The molecule has 19 heavy (non-hydrogen) atoms. The number of aliphatic carboxylic acids is 1. The minimum absolute atomic E-state index is 0.0961. The molecule has 0 aromatic heterocycles. The Balaban J connectivity index is 2.99. The average molecular weight is 341 g/mol. The lowest BCUT2D eigenvalue weighted by atomic mass is 10.0. The summed E-state index contributed by atoms with van der Waals surface area (Å²) in [6, 6.07) is 1.82. The second kappa shape index (κ2) is 6.27. The molecule has 0 aliphatic rings. The Morgan fingerprint density at radius 2 is 2.11 bits per heavy atom. The summed E-state index contributed by atoms with van der Waals surface area (Å²) in [7, 11) is 1.17. The van der Waals surface area contributed by atoms with Gasteiger partial charge in [-0.1, -0.05) is 0 Å². The molecule has 106 valence electrons. The Kier molecular flexibility index (Phi) is 5.22. The van der Waals surface area contributed by atoms with Crippen molar-refractivity contribution in [1.29, 1.82) is 0 Å². The van der Waals surface area contributed by atoms with Crippen molar-refractivity contribution < 1.29 is 27.8 Å². The Labute approximate surface area is 116 Å². The largest absolute Gasteiger partial charge is 0.496 e. The average Bonchev–Trinajstić information content (AvgIpc) is 2.31. The topological polar surface area (TPSA) is 46.5 Å². The van der Waals surface area contributed by atoms with Crippen molar-refractivity contribution in [1.82, 2.24) is 0 Å². The monoisotopic (exact) mass is 340 g/mol. The maximum atomic E-state index is 13.9. The first kappa shape index (κ1) is 15.8. The molecular formula is C12H12BrF3O3. The molecule has 0 aliphatic carbocycles. The molecule has 0 aliphatic heterocycles. The molecule has 0 radical (unpaired) electrons. The lowest BCUT2D eigenvalue weighted by molar-refractivity contribution is -0.137. The molecule has 1 rings (SSSR count). The Hall–Kier alpha value is -1.24. The molecule has 1 N–H and O–H groups in total. The number of carboxylic acids is 1. The van der Waals surface area contributed by atoms with E-state index in [1.165, 1.54) is 7.11 Å². The molecule has 0 spiro atoms. The molecule has 0 saturated carbocycles. The van der Waals surface area contributed by atoms with E-state index >= 15 is 0 Å². The Morgan fingerprint density at radius 1 is 1.47 bits per heavy atom. The Morgan fingerprint density at radius 3 is 2.63 bits per heavy atom. The zero-order chi connectivity index (χ0) is 14.6. The van der Waals surface area contributed by atoms with Gasteiger partial charge in [-0.25, -0.2) is 13.2 Å². The molecule has 0 atom stereocenters. The van der Waals surface area contributed by atoms with Gasteiger partial charge < -0.3 is 9.84 Å². The highest BCUT2D eigenvalue weighted by Crippen LogP contribution is 2.41. The third kappa shape index (κ3) is 4.12. The van der Waals surface area contributed by atoms with Gasteiger partial charge in [0.05, 0.1) is 17.1 Å². The predicted molar refractivity (Wildman–Crippen MR) is 66.0 cm³/mol. The van der Waals surface area contributed by atoms with Gasteiger partial charge in [-0.2, -0.15) is 0 Å². The fourth-order valence-electron chi connectivity index (χ4n) is 1.58. The minimum Gasteiger partial charge on any atom is -0.496 e. The van der Waals surface area contributed by atoms with Gasteiger partial charge in [0.2, 0.25) is 0 Å². The number of rotatable bonds is 6. The number of hydrogen-bond acceptors (Lipinski definition) is 2. The first-order chi connectivity index (χ1) is 8.77. The van der Waals surface area contributed by atoms with Crippen LogP contribution in [-0.4, -0.2) is 18.2 Å². The zero-order valence-corrected chi connectivity index (χ0v) is 11.6. The minimum atomic E-state index is -3.28. The molecule has 0 heterocycles. The van der Waals surface area contributed by atoms with Crippen molar-refractivity contribution in [3.63, 3.8) is 0 Å². The van der Waals surface area contributed by atoms with Crippen LogP contribution in [0.5, 0.6) is 5.75 Å². The van der Waals surface area contributed by atoms with Crippen LogP contribution < -0.4 is 4.74 Å². The van der Waals surface area contributed by atoms with Crippen molar-refractivity contribution in [3.05, 3.63) is 28.0 Å². The summed E-state index contributed by atoms with van der Waals surface area (Å²) < 4.78 is 45.8. The zero-order valence-electron chi connectivity index (χ0n) is 10.1. The number of ether oxygens (including phenoxy) is 1. The quantitative estimate of drug-likeness (QED) is 0.852. The molecule has 3 nitrogen and oxygen atoms in total. The van der Waals surface area contributed by atoms with E-state index in [1.54, 1.807) is 0 Å². The summed E-state index contributed by atoms with van der Waals surface area (Å²) in [6.07, 6.45) is -1.17. The van der Waals surface area contributed by atoms with Crippen molar-refractivity contribution >= 4 is 21.9 Å². The van der Waals surface area contributed by atoms with E-state index in [-0.39, 0.29) is 23.1 Å². The molecule has 0 bridgehead atoms. The molecule has 7 heteroatoms. The van der Waals surface area contributed by atoms with Crippen LogP contribution in [0.15, 0.2) is 16.6 Å². The number of halogens is 4. The van der Waals surface area contributed by atoms with Gasteiger partial charge >= 0.3 is 5.97 Å². The van der Waals surface area contributed by atoms with Gasteiger partial charge in [-0.15, -0.1) is 0 Å². The lowest BCUT2D eigenvalue weighted by Crippen LogP contribution is -2.16. The van der Waals surface area contributed by atoms with Crippen LogP contribution in [0.3, 0.4) is 0 Å². The number of carbonyl (C=O) groups is 1. The van der Waals surface area contributed by atoms with Gasteiger partial charge in [-0.05, 0) is 28.4 Å². The molecule has 1 aromatic carbocycles. The van der Waals surface area contributed by atoms with E-state index in [9.17, 15) is 18.0 Å². The molecule has 0 fully saturated rings. The van der Waals surface area contributed by atoms with Gasteiger partial charge in [0.25, 0.3) is 5.92 Å². The van der Waals surface area contributed by atoms with E-state index < -0.39 is 29.7 Å². The van der Waals surface area contributed by atoms with E-state index in [4.69, 9.17) is 9.84 Å². The van der Waals surface area contributed by atoms with E-state index in [2.05, 4.69) is 15.9 Å². The summed E-state index contributed by atoms with van der Waals surface area (Å²) in [4.78, 5) is 10.3. The SMILES string of the molecule is COc1cc(F)c(Br)cc1C(F)(F)CCCC(=O)O. The van der Waals surface area contributed by atoms with E-state index in [0.29, 0.717) is 0 Å². The highest BCUT2D eigenvalue weighted by molar-refractivity contribution is 9.10. The lowest BCUT2D eigenvalue weighted by Gasteiger charge is -2.19.